The Balaban J connectivity index is 1.42. The SMILES string of the molecule is CCOC(=O)CCNC(=O)NCC(CCCN1CCC(O)(c2ccc(Cl)cc2)CC1)(c1ccccc1)c1ccccc1. The number of amides is 2. The lowest BCUT2D eigenvalue weighted by Crippen LogP contribution is -2.46. The van der Waals surface area contributed by atoms with E-state index in [1.54, 1.807) is 6.92 Å². The van der Waals surface area contributed by atoms with Crippen LogP contribution in [0.5, 0.6) is 0 Å². The van der Waals surface area contributed by atoms with Crippen LogP contribution < -0.4 is 10.6 Å². The minimum Gasteiger partial charge on any atom is -0.466 e. The van der Waals surface area contributed by atoms with E-state index in [1.807, 2.05) is 60.7 Å². The molecule has 0 atom stereocenters. The second-order valence-electron chi connectivity index (χ2n) is 11.0. The number of likely N-dealkylation sites (tertiary alicyclic amines) is 1. The molecule has 3 aromatic rings. The minimum atomic E-state index is -0.830. The zero-order valence-electron chi connectivity index (χ0n) is 24.4. The zero-order valence-corrected chi connectivity index (χ0v) is 25.1. The van der Waals surface area contributed by atoms with E-state index in [0.717, 1.165) is 49.2 Å². The van der Waals surface area contributed by atoms with E-state index in [0.29, 0.717) is 31.0 Å². The third-order valence-electron chi connectivity index (χ3n) is 8.27. The van der Waals surface area contributed by atoms with Gasteiger partial charge in [0, 0.05) is 36.6 Å². The standard InChI is InChI=1S/C34H42ClN3O4/c1-2-42-31(39)18-22-36-32(40)37-26-33(27-10-5-3-6-11-27,28-12-7-4-8-13-28)19-9-23-38-24-20-34(41,21-25-38)29-14-16-30(35)17-15-29/h3-8,10-17,41H,2,9,18-26H2,1H3,(H2,36,37,40). The molecule has 0 spiro atoms. The number of piperidine rings is 1. The van der Waals surface area contributed by atoms with Gasteiger partial charge < -0.3 is 25.4 Å². The lowest BCUT2D eigenvalue weighted by atomic mass is 9.71. The largest absolute Gasteiger partial charge is 0.466 e. The number of nitrogens with one attached hydrogen (secondary N) is 2. The molecule has 1 fully saturated rings. The molecule has 3 N–H and O–H groups in total. The minimum absolute atomic E-state index is 0.132. The second kappa shape index (κ2) is 15.2. The number of halogens is 1. The predicted molar refractivity (Wildman–Crippen MR) is 167 cm³/mol. The molecule has 8 heteroatoms. The maximum atomic E-state index is 12.8. The van der Waals surface area contributed by atoms with E-state index in [2.05, 4.69) is 39.8 Å². The van der Waals surface area contributed by atoms with E-state index in [1.165, 1.54) is 0 Å². The Morgan fingerprint density at radius 2 is 1.52 bits per heavy atom. The lowest BCUT2D eigenvalue weighted by molar-refractivity contribution is -0.142. The molecule has 0 bridgehead atoms. The van der Waals surface area contributed by atoms with Crippen molar-refractivity contribution < 1.29 is 19.4 Å². The van der Waals surface area contributed by atoms with Crippen molar-refractivity contribution in [3.63, 3.8) is 0 Å². The molecule has 0 aromatic heterocycles. The summed E-state index contributed by atoms with van der Waals surface area (Å²) in [5.41, 5.74) is 1.92. The smallest absolute Gasteiger partial charge is 0.314 e. The molecule has 224 valence electrons. The molecule has 1 aliphatic rings. The van der Waals surface area contributed by atoms with Crippen LogP contribution in [0.4, 0.5) is 4.79 Å². The van der Waals surface area contributed by atoms with Gasteiger partial charge in [-0.05, 0) is 68.0 Å². The summed E-state index contributed by atoms with van der Waals surface area (Å²) in [6.07, 6.45) is 3.21. The van der Waals surface area contributed by atoms with Crippen molar-refractivity contribution in [2.75, 3.05) is 39.3 Å². The van der Waals surface area contributed by atoms with Gasteiger partial charge in [0.05, 0.1) is 18.6 Å². The Bertz CT molecular complexity index is 1220. The maximum Gasteiger partial charge on any atom is 0.314 e. The third kappa shape index (κ3) is 8.34. The highest BCUT2D eigenvalue weighted by Gasteiger charge is 2.36. The number of esters is 1. The summed E-state index contributed by atoms with van der Waals surface area (Å²) in [6, 6.07) is 27.9. The topological polar surface area (TPSA) is 90.9 Å². The number of nitrogens with zero attached hydrogens (tertiary/aromatic N) is 1. The summed E-state index contributed by atoms with van der Waals surface area (Å²) in [6.45, 7) is 5.21. The van der Waals surface area contributed by atoms with Gasteiger partial charge in [-0.1, -0.05) is 84.4 Å². The van der Waals surface area contributed by atoms with Gasteiger partial charge in [-0.25, -0.2) is 4.79 Å². The number of urea groups is 1. The molecule has 0 aliphatic carbocycles. The van der Waals surface area contributed by atoms with Crippen LogP contribution in [0.25, 0.3) is 0 Å². The number of ether oxygens (including phenoxy) is 1. The van der Waals surface area contributed by atoms with E-state index >= 15 is 0 Å². The number of hydrogen-bond donors (Lipinski definition) is 3. The summed E-state index contributed by atoms with van der Waals surface area (Å²) < 4.78 is 4.95. The van der Waals surface area contributed by atoms with Crippen molar-refractivity contribution in [2.45, 2.75) is 50.0 Å². The molecule has 0 unspecified atom stereocenters. The summed E-state index contributed by atoms with van der Waals surface area (Å²) in [5.74, 6) is -0.329. The molecule has 7 nitrogen and oxygen atoms in total. The monoisotopic (exact) mass is 591 g/mol. The average Bonchev–Trinajstić information content (AvgIpc) is 3.01. The summed E-state index contributed by atoms with van der Waals surface area (Å²) in [4.78, 5) is 26.9. The lowest BCUT2D eigenvalue weighted by Gasteiger charge is -2.40. The molecule has 2 amide bonds. The molecular weight excluding hydrogens is 550 g/mol. The van der Waals surface area contributed by atoms with Crippen LogP contribution in [0.3, 0.4) is 0 Å². The average molecular weight is 592 g/mol. The van der Waals surface area contributed by atoms with Gasteiger partial charge in [0.2, 0.25) is 0 Å². The molecule has 42 heavy (non-hydrogen) atoms. The highest BCUT2D eigenvalue weighted by Crippen LogP contribution is 2.38. The number of carbonyl (C=O) groups excluding carboxylic acids is 2. The van der Waals surface area contributed by atoms with Crippen molar-refractivity contribution >= 4 is 23.6 Å². The van der Waals surface area contributed by atoms with Crippen molar-refractivity contribution in [3.05, 3.63) is 107 Å². The van der Waals surface area contributed by atoms with Gasteiger partial charge in [0.25, 0.3) is 0 Å². The fourth-order valence-electron chi connectivity index (χ4n) is 5.87. The number of benzene rings is 3. The Morgan fingerprint density at radius 1 is 0.929 bits per heavy atom. The molecular formula is C34H42ClN3O4. The molecule has 3 aromatic carbocycles. The Morgan fingerprint density at radius 3 is 2.10 bits per heavy atom. The maximum absolute atomic E-state index is 12.8. The molecule has 0 saturated carbocycles. The first-order valence-electron chi connectivity index (χ1n) is 14.8. The van der Waals surface area contributed by atoms with Gasteiger partial charge in [-0.3, -0.25) is 4.79 Å². The number of carbonyl (C=O) groups is 2. The van der Waals surface area contributed by atoms with E-state index < -0.39 is 11.0 Å². The Hall–Kier alpha value is -3.39. The summed E-state index contributed by atoms with van der Waals surface area (Å²) in [5, 5.41) is 17.9. The fourth-order valence-corrected chi connectivity index (χ4v) is 5.99. The van der Waals surface area contributed by atoms with Crippen LogP contribution >= 0.6 is 11.6 Å². The van der Waals surface area contributed by atoms with Gasteiger partial charge in [0.1, 0.15) is 0 Å². The normalized spacial score (nSPS) is 15.1. The first-order valence-corrected chi connectivity index (χ1v) is 15.2. The summed E-state index contributed by atoms with van der Waals surface area (Å²) in [7, 11) is 0. The highest BCUT2D eigenvalue weighted by atomic mass is 35.5. The highest BCUT2D eigenvalue weighted by molar-refractivity contribution is 6.30. The van der Waals surface area contributed by atoms with Gasteiger partial charge >= 0.3 is 12.0 Å². The third-order valence-corrected chi connectivity index (χ3v) is 8.52. The first-order chi connectivity index (χ1) is 20.3. The predicted octanol–water partition coefficient (Wildman–Crippen LogP) is 5.64. The van der Waals surface area contributed by atoms with E-state index in [-0.39, 0.29) is 25.0 Å². The van der Waals surface area contributed by atoms with Crippen molar-refractivity contribution in [2.24, 2.45) is 0 Å². The zero-order chi connectivity index (χ0) is 29.8. The van der Waals surface area contributed by atoms with Crippen molar-refractivity contribution in [1.29, 1.82) is 0 Å². The van der Waals surface area contributed by atoms with Gasteiger partial charge in [0.15, 0.2) is 0 Å². The van der Waals surface area contributed by atoms with Crippen LogP contribution in [0.15, 0.2) is 84.9 Å². The van der Waals surface area contributed by atoms with Crippen LogP contribution in [0.1, 0.15) is 55.7 Å². The van der Waals surface area contributed by atoms with Crippen molar-refractivity contribution in [3.8, 4) is 0 Å². The van der Waals surface area contributed by atoms with Crippen LogP contribution in [-0.2, 0) is 20.5 Å². The van der Waals surface area contributed by atoms with E-state index in [9.17, 15) is 14.7 Å². The number of hydrogen-bond acceptors (Lipinski definition) is 5. The quantitative estimate of drug-likeness (QED) is 0.224. The fraction of sp³-hybridized carbons (Fsp3) is 0.412. The first kappa shape index (κ1) is 31.5. The molecule has 1 saturated heterocycles. The Labute approximate surface area is 254 Å². The van der Waals surface area contributed by atoms with Crippen LogP contribution in [0, 0.1) is 0 Å². The Kier molecular flexibility index (Phi) is 11.4. The number of aliphatic hydroxyl groups is 1. The molecule has 0 radical (unpaired) electrons. The molecule has 1 aliphatic heterocycles. The van der Waals surface area contributed by atoms with Gasteiger partial charge in [-0.2, -0.15) is 0 Å². The molecule has 1 heterocycles. The van der Waals surface area contributed by atoms with Crippen LogP contribution in [0.2, 0.25) is 5.02 Å². The van der Waals surface area contributed by atoms with Gasteiger partial charge in [-0.15, -0.1) is 0 Å². The second-order valence-corrected chi connectivity index (χ2v) is 11.4. The van der Waals surface area contributed by atoms with E-state index in [4.69, 9.17) is 16.3 Å². The van der Waals surface area contributed by atoms with Crippen LogP contribution in [-0.4, -0.2) is 61.3 Å². The van der Waals surface area contributed by atoms with Crippen molar-refractivity contribution in [1.82, 2.24) is 15.5 Å². The number of rotatable bonds is 13. The summed E-state index contributed by atoms with van der Waals surface area (Å²) >= 11 is 6.05. The molecule has 4 rings (SSSR count).